The average molecular weight is 172 g/mol. The van der Waals surface area contributed by atoms with E-state index in [1.807, 2.05) is 0 Å². The summed E-state index contributed by atoms with van der Waals surface area (Å²) >= 11 is 0. The number of aliphatic hydroxyl groups is 1. The molecule has 1 aliphatic rings. The Hall–Kier alpha value is -0.0800. The van der Waals surface area contributed by atoms with Crippen LogP contribution in [-0.2, 0) is 4.74 Å². The van der Waals surface area contributed by atoms with E-state index in [2.05, 4.69) is 6.92 Å². The van der Waals surface area contributed by atoms with Gasteiger partial charge in [-0.2, -0.15) is 0 Å². The van der Waals surface area contributed by atoms with Crippen molar-refractivity contribution in [1.29, 1.82) is 0 Å². The minimum absolute atomic E-state index is 0.160. The number of rotatable bonds is 4. The molecule has 1 rings (SSSR count). The first-order chi connectivity index (χ1) is 5.86. The van der Waals surface area contributed by atoms with Crippen molar-refractivity contribution >= 4 is 0 Å². The number of hydrogen-bond acceptors (Lipinski definition) is 2. The second-order valence-electron chi connectivity index (χ2n) is 3.65. The van der Waals surface area contributed by atoms with Crippen molar-refractivity contribution in [3.63, 3.8) is 0 Å². The lowest BCUT2D eigenvalue weighted by Crippen LogP contribution is -2.22. The predicted octanol–water partition coefficient (Wildman–Crippen LogP) is 1.96. The van der Waals surface area contributed by atoms with E-state index in [-0.39, 0.29) is 6.61 Å². The third-order valence-electron chi connectivity index (χ3n) is 2.82. The summed E-state index contributed by atoms with van der Waals surface area (Å²) in [6, 6.07) is 0. The van der Waals surface area contributed by atoms with Crippen molar-refractivity contribution in [3.05, 3.63) is 0 Å². The summed E-state index contributed by atoms with van der Waals surface area (Å²) in [5.41, 5.74) is 0. The second kappa shape index (κ2) is 5.55. The molecule has 0 amide bonds. The van der Waals surface area contributed by atoms with Crippen LogP contribution in [0.25, 0.3) is 0 Å². The lowest BCUT2D eigenvalue weighted by Gasteiger charge is -2.27. The van der Waals surface area contributed by atoms with Crippen LogP contribution in [0, 0.1) is 5.92 Å². The first-order valence-electron chi connectivity index (χ1n) is 5.09. The Bertz CT molecular complexity index is 106. The van der Waals surface area contributed by atoms with Gasteiger partial charge in [-0.3, -0.25) is 0 Å². The Kier molecular flexibility index (Phi) is 4.62. The van der Waals surface area contributed by atoms with Crippen LogP contribution in [-0.4, -0.2) is 24.4 Å². The fourth-order valence-corrected chi connectivity index (χ4v) is 1.93. The van der Waals surface area contributed by atoms with Crippen molar-refractivity contribution in [1.82, 2.24) is 0 Å². The van der Waals surface area contributed by atoms with Gasteiger partial charge < -0.3 is 9.84 Å². The molecule has 12 heavy (non-hydrogen) atoms. The molecule has 0 radical (unpaired) electrons. The van der Waals surface area contributed by atoms with E-state index in [4.69, 9.17) is 9.84 Å². The van der Waals surface area contributed by atoms with E-state index in [0.29, 0.717) is 12.7 Å². The van der Waals surface area contributed by atoms with E-state index in [1.165, 1.54) is 32.1 Å². The molecule has 0 saturated heterocycles. The molecule has 0 aliphatic heterocycles. The lowest BCUT2D eigenvalue weighted by molar-refractivity contribution is 0.000240. The van der Waals surface area contributed by atoms with Gasteiger partial charge in [0.05, 0.1) is 19.3 Å². The number of aliphatic hydroxyl groups excluding tert-OH is 1. The first kappa shape index (κ1) is 10.0. The maximum atomic E-state index is 8.57. The van der Waals surface area contributed by atoms with Gasteiger partial charge in [-0.05, 0) is 31.6 Å². The summed E-state index contributed by atoms with van der Waals surface area (Å²) in [6.45, 7) is 2.94. The van der Waals surface area contributed by atoms with Crippen molar-refractivity contribution in [2.24, 2.45) is 5.92 Å². The van der Waals surface area contributed by atoms with Gasteiger partial charge in [0.2, 0.25) is 0 Å². The first-order valence-corrected chi connectivity index (χ1v) is 5.09. The van der Waals surface area contributed by atoms with Gasteiger partial charge in [-0.15, -0.1) is 0 Å². The molecule has 0 unspecified atom stereocenters. The van der Waals surface area contributed by atoms with E-state index in [9.17, 15) is 0 Å². The van der Waals surface area contributed by atoms with E-state index < -0.39 is 0 Å². The minimum Gasteiger partial charge on any atom is -0.394 e. The smallest absolute Gasteiger partial charge is 0.0701 e. The molecule has 2 nitrogen and oxygen atoms in total. The number of hydrogen-bond donors (Lipinski definition) is 1. The molecule has 0 bridgehead atoms. The topological polar surface area (TPSA) is 29.5 Å². The largest absolute Gasteiger partial charge is 0.394 e. The van der Waals surface area contributed by atoms with Crippen molar-refractivity contribution in [2.75, 3.05) is 13.2 Å². The van der Waals surface area contributed by atoms with Crippen LogP contribution in [0.2, 0.25) is 0 Å². The summed E-state index contributed by atoms with van der Waals surface area (Å²) in [4.78, 5) is 0. The molecular formula is C10H20O2. The molecule has 0 atom stereocenters. The van der Waals surface area contributed by atoms with Gasteiger partial charge >= 0.3 is 0 Å². The van der Waals surface area contributed by atoms with E-state index in [1.54, 1.807) is 0 Å². The highest BCUT2D eigenvalue weighted by atomic mass is 16.5. The molecule has 0 heterocycles. The van der Waals surface area contributed by atoms with Gasteiger partial charge in [-0.25, -0.2) is 0 Å². The van der Waals surface area contributed by atoms with Gasteiger partial charge in [0.15, 0.2) is 0 Å². The molecule has 1 saturated carbocycles. The van der Waals surface area contributed by atoms with Gasteiger partial charge in [-0.1, -0.05) is 13.3 Å². The zero-order valence-electron chi connectivity index (χ0n) is 7.96. The molecule has 0 aromatic heterocycles. The third-order valence-corrected chi connectivity index (χ3v) is 2.82. The SMILES string of the molecule is CCC1CCC(OCCO)CC1. The van der Waals surface area contributed by atoms with Crippen molar-refractivity contribution in [2.45, 2.75) is 45.1 Å². The molecule has 0 aromatic rings. The summed E-state index contributed by atoms with van der Waals surface area (Å²) in [7, 11) is 0. The van der Waals surface area contributed by atoms with Gasteiger partial charge in [0, 0.05) is 0 Å². The Labute approximate surface area is 74.9 Å². The lowest BCUT2D eigenvalue weighted by atomic mass is 9.86. The van der Waals surface area contributed by atoms with Crippen LogP contribution in [0.5, 0.6) is 0 Å². The molecule has 0 aromatic carbocycles. The fraction of sp³-hybridized carbons (Fsp3) is 1.00. The highest BCUT2D eigenvalue weighted by molar-refractivity contribution is 4.71. The summed E-state index contributed by atoms with van der Waals surface area (Å²) < 4.78 is 5.47. The van der Waals surface area contributed by atoms with Crippen LogP contribution in [0.3, 0.4) is 0 Å². The van der Waals surface area contributed by atoms with Crippen LogP contribution in [0.4, 0.5) is 0 Å². The van der Waals surface area contributed by atoms with Crippen LogP contribution >= 0.6 is 0 Å². The highest BCUT2D eigenvalue weighted by Gasteiger charge is 2.19. The monoisotopic (exact) mass is 172 g/mol. The average Bonchev–Trinajstić information content (AvgIpc) is 2.15. The predicted molar refractivity (Wildman–Crippen MR) is 49.1 cm³/mol. The number of ether oxygens (including phenoxy) is 1. The standard InChI is InChI=1S/C10H20O2/c1-2-9-3-5-10(6-4-9)12-8-7-11/h9-11H,2-8H2,1H3. The Morgan fingerprint density at radius 1 is 1.25 bits per heavy atom. The molecule has 1 aliphatic carbocycles. The molecular weight excluding hydrogens is 152 g/mol. The maximum Gasteiger partial charge on any atom is 0.0701 e. The van der Waals surface area contributed by atoms with Crippen LogP contribution in [0.15, 0.2) is 0 Å². The van der Waals surface area contributed by atoms with Crippen LogP contribution < -0.4 is 0 Å². The molecule has 1 fully saturated rings. The van der Waals surface area contributed by atoms with E-state index >= 15 is 0 Å². The fourth-order valence-electron chi connectivity index (χ4n) is 1.93. The highest BCUT2D eigenvalue weighted by Crippen LogP contribution is 2.27. The second-order valence-corrected chi connectivity index (χ2v) is 3.65. The summed E-state index contributed by atoms with van der Waals surface area (Å²) in [5, 5.41) is 8.57. The van der Waals surface area contributed by atoms with Gasteiger partial charge in [0.1, 0.15) is 0 Å². The van der Waals surface area contributed by atoms with Crippen LogP contribution in [0.1, 0.15) is 39.0 Å². The molecule has 72 valence electrons. The van der Waals surface area contributed by atoms with Crippen molar-refractivity contribution < 1.29 is 9.84 Å². The molecule has 2 heteroatoms. The zero-order valence-corrected chi connectivity index (χ0v) is 7.96. The Balaban J connectivity index is 2.09. The Morgan fingerprint density at radius 3 is 2.42 bits per heavy atom. The zero-order chi connectivity index (χ0) is 8.81. The minimum atomic E-state index is 0.160. The van der Waals surface area contributed by atoms with Crippen molar-refractivity contribution in [3.8, 4) is 0 Å². The van der Waals surface area contributed by atoms with E-state index in [0.717, 1.165) is 5.92 Å². The molecule has 0 spiro atoms. The molecule has 1 N–H and O–H groups in total. The Morgan fingerprint density at radius 2 is 1.92 bits per heavy atom. The summed E-state index contributed by atoms with van der Waals surface area (Å²) in [6.07, 6.45) is 6.75. The quantitative estimate of drug-likeness (QED) is 0.702. The summed E-state index contributed by atoms with van der Waals surface area (Å²) in [5.74, 6) is 0.930. The maximum absolute atomic E-state index is 8.57. The van der Waals surface area contributed by atoms with Gasteiger partial charge in [0.25, 0.3) is 0 Å². The normalized spacial score (nSPS) is 30.5. The third kappa shape index (κ3) is 3.11.